The fourth-order valence-electron chi connectivity index (χ4n) is 3.94. The van der Waals surface area contributed by atoms with Crippen LogP contribution in [-0.2, 0) is 11.3 Å². The van der Waals surface area contributed by atoms with Crippen molar-refractivity contribution in [3.8, 4) is 11.3 Å². The summed E-state index contributed by atoms with van der Waals surface area (Å²) in [5.41, 5.74) is 4.15. The van der Waals surface area contributed by atoms with E-state index in [9.17, 15) is 4.79 Å². The number of aliphatic imine (C=N–C) groups is 1. The number of nitrogens with zero attached hydrogens (tertiary/aromatic N) is 3. The minimum absolute atomic E-state index is 0.0537. The van der Waals surface area contributed by atoms with Gasteiger partial charge in [0.1, 0.15) is 6.54 Å². The molecule has 0 N–H and O–H groups in total. The SMILES string of the molecule is Cc1ccccc1-c1cn2c(n1)C(CC1CCCCC1)=NC(=O)C2. The molecule has 0 radical (unpaired) electrons. The van der Waals surface area contributed by atoms with Crippen molar-refractivity contribution in [1.29, 1.82) is 0 Å². The van der Waals surface area contributed by atoms with Crippen LogP contribution in [0.2, 0.25) is 0 Å². The fraction of sp³-hybridized carbons (Fsp3) is 0.450. The van der Waals surface area contributed by atoms with Crippen LogP contribution in [0.5, 0.6) is 0 Å². The van der Waals surface area contributed by atoms with Crippen molar-refractivity contribution >= 4 is 11.6 Å². The average molecular weight is 321 g/mol. The summed E-state index contributed by atoms with van der Waals surface area (Å²) in [5.74, 6) is 1.48. The highest BCUT2D eigenvalue weighted by Gasteiger charge is 2.25. The summed E-state index contributed by atoms with van der Waals surface area (Å²) >= 11 is 0. The number of carbonyl (C=O) groups excluding carboxylic acids is 1. The predicted octanol–water partition coefficient (Wildman–Crippen LogP) is 4.16. The van der Waals surface area contributed by atoms with Crippen molar-refractivity contribution in [2.45, 2.75) is 52.0 Å². The van der Waals surface area contributed by atoms with Crippen LogP contribution < -0.4 is 0 Å². The molecule has 1 saturated carbocycles. The minimum atomic E-state index is -0.0537. The molecule has 1 aliphatic carbocycles. The van der Waals surface area contributed by atoms with Gasteiger partial charge in [-0.2, -0.15) is 0 Å². The van der Waals surface area contributed by atoms with Crippen LogP contribution in [0.25, 0.3) is 11.3 Å². The van der Waals surface area contributed by atoms with Crippen LogP contribution in [0.15, 0.2) is 35.5 Å². The van der Waals surface area contributed by atoms with Crippen molar-refractivity contribution < 1.29 is 4.79 Å². The molecule has 0 spiro atoms. The third-order valence-electron chi connectivity index (χ3n) is 5.23. The Kier molecular flexibility index (Phi) is 4.05. The van der Waals surface area contributed by atoms with E-state index in [-0.39, 0.29) is 5.91 Å². The lowest BCUT2D eigenvalue weighted by molar-refractivity contribution is -0.118. The number of carbonyl (C=O) groups is 1. The maximum absolute atomic E-state index is 12.1. The maximum Gasteiger partial charge on any atom is 0.266 e. The van der Waals surface area contributed by atoms with E-state index < -0.39 is 0 Å². The van der Waals surface area contributed by atoms with E-state index in [0.29, 0.717) is 12.5 Å². The van der Waals surface area contributed by atoms with Crippen molar-refractivity contribution in [2.24, 2.45) is 10.9 Å². The zero-order valence-corrected chi connectivity index (χ0v) is 14.2. The number of rotatable bonds is 3. The molecule has 0 bridgehead atoms. The molecule has 2 heterocycles. The Morgan fingerprint density at radius 1 is 1.17 bits per heavy atom. The molecule has 4 rings (SSSR count). The normalized spacial score (nSPS) is 18.4. The van der Waals surface area contributed by atoms with E-state index in [1.807, 2.05) is 22.9 Å². The molecular weight excluding hydrogens is 298 g/mol. The first-order chi connectivity index (χ1) is 11.7. The van der Waals surface area contributed by atoms with E-state index in [0.717, 1.165) is 29.2 Å². The Labute approximate surface area is 142 Å². The molecule has 1 aromatic heterocycles. The van der Waals surface area contributed by atoms with Gasteiger partial charge in [0, 0.05) is 11.8 Å². The van der Waals surface area contributed by atoms with E-state index in [1.165, 1.54) is 37.7 Å². The Hall–Kier alpha value is -2.23. The highest BCUT2D eigenvalue weighted by molar-refractivity contribution is 6.07. The molecule has 0 atom stereocenters. The number of fused-ring (bicyclic) bond motifs is 1. The number of benzene rings is 1. The monoisotopic (exact) mass is 321 g/mol. The lowest BCUT2D eigenvalue weighted by Gasteiger charge is -2.23. The van der Waals surface area contributed by atoms with Crippen molar-refractivity contribution in [1.82, 2.24) is 9.55 Å². The van der Waals surface area contributed by atoms with Crippen molar-refractivity contribution in [3.63, 3.8) is 0 Å². The minimum Gasteiger partial charge on any atom is -0.320 e. The van der Waals surface area contributed by atoms with Crippen LogP contribution in [0.4, 0.5) is 0 Å². The second-order valence-corrected chi connectivity index (χ2v) is 7.05. The molecule has 124 valence electrons. The van der Waals surface area contributed by atoms with Gasteiger partial charge in [-0.1, -0.05) is 56.4 Å². The smallest absolute Gasteiger partial charge is 0.266 e. The number of hydrogen-bond acceptors (Lipinski definition) is 2. The van der Waals surface area contributed by atoms with Gasteiger partial charge in [0.25, 0.3) is 5.91 Å². The van der Waals surface area contributed by atoms with Crippen LogP contribution in [0.3, 0.4) is 0 Å². The molecule has 0 unspecified atom stereocenters. The zero-order valence-electron chi connectivity index (χ0n) is 14.2. The van der Waals surface area contributed by atoms with Crippen LogP contribution in [0.1, 0.15) is 49.9 Å². The largest absolute Gasteiger partial charge is 0.320 e. The standard InChI is InChI=1S/C20H23N3O/c1-14-7-5-6-10-16(14)18-12-23-13-19(24)21-17(20(23)22-18)11-15-8-3-2-4-9-15/h5-7,10,12,15H,2-4,8-9,11,13H2,1H3. The quantitative estimate of drug-likeness (QED) is 0.852. The van der Waals surface area contributed by atoms with E-state index in [4.69, 9.17) is 4.98 Å². The van der Waals surface area contributed by atoms with Gasteiger partial charge in [0.05, 0.1) is 11.4 Å². The number of aromatic nitrogens is 2. The molecule has 1 amide bonds. The van der Waals surface area contributed by atoms with Crippen molar-refractivity contribution in [2.75, 3.05) is 0 Å². The van der Waals surface area contributed by atoms with E-state index in [2.05, 4.69) is 24.0 Å². The molecule has 24 heavy (non-hydrogen) atoms. The van der Waals surface area contributed by atoms with Gasteiger partial charge in [-0.25, -0.2) is 9.98 Å². The molecular formula is C20H23N3O. The van der Waals surface area contributed by atoms with Crippen LogP contribution in [-0.4, -0.2) is 21.2 Å². The third kappa shape index (κ3) is 2.93. The summed E-state index contributed by atoms with van der Waals surface area (Å²) in [7, 11) is 0. The van der Waals surface area contributed by atoms with Crippen LogP contribution in [0, 0.1) is 12.8 Å². The van der Waals surface area contributed by atoms with E-state index in [1.54, 1.807) is 0 Å². The summed E-state index contributed by atoms with van der Waals surface area (Å²) in [6.07, 6.45) is 9.33. The van der Waals surface area contributed by atoms with Gasteiger partial charge in [-0.15, -0.1) is 0 Å². The van der Waals surface area contributed by atoms with E-state index >= 15 is 0 Å². The summed E-state index contributed by atoms with van der Waals surface area (Å²) < 4.78 is 1.98. The second-order valence-electron chi connectivity index (χ2n) is 7.05. The lowest BCUT2D eigenvalue weighted by Crippen LogP contribution is -2.24. The van der Waals surface area contributed by atoms with Crippen LogP contribution >= 0.6 is 0 Å². The highest BCUT2D eigenvalue weighted by Crippen LogP contribution is 2.30. The Morgan fingerprint density at radius 2 is 1.96 bits per heavy atom. The first-order valence-corrected chi connectivity index (χ1v) is 8.94. The van der Waals surface area contributed by atoms with Gasteiger partial charge in [-0.3, -0.25) is 4.79 Å². The topological polar surface area (TPSA) is 47.2 Å². The molecule has 1 fully saturated rings. The molecule has 4 nitrogen and oxygen atoms in total. The van der Waals surface area contributed by atoms with Gasteiger partial charge in [0.15, 0.2) is 5.82 Å². The average Bonchev–Trinajstić information content (AvgIpc) is 3.00. The molecule has 4 heteroatoms. The number of imidazole rings is 1. The summed E-state index contributed by atoms with van der Waals surface area (Å²) in [5, 5.41) is 0. The number of aryl methyl sites for hydroxylation is 1. The molecule has 1 aliphatic heterocycles. The predicted molar refractivity (Wildman–Crippen MR) is 95.1 cm³/mol. The fourth-order valence-corrected chi connectivity index (χ4v) is 3.94. The summed E-state index contributed by atoms with van der Waals surface area (Å²) in [6.45, 7) is 2.40. The van der Waals surface area contributed by atoms with Gasteiger partial charge >= 0.3 is 0 Å². The lowest BCUT2D eigenvalue weighted by atomic mass is 9.85. The molecule has 2 aliphatic rings. The molecule has 1 aromatic carbocycles. The maximum atomic E-state index is 12.1. The van der Waals surface area contributed by atoms with Gasteiger partial charge in [0.2, 0.25) is 0 Å². The first kappa shape index (κ1) is 15.3. The molecule has 2 aromatic rings. The second kappa shape index (κ2) is 6.34. The Bertz CT molecular complexity index is 797. The Morgan fingerprint density at radius 3 is 2.75 bits per heavy atom. The number of hydrogen-bond donors (Lipinski definition) is 0. The highest BCUT2D eigenvalue weighted by atomic mass is 16.1. The first-order valence-electron chi connectivity index (χ1n) is 8.94. The zero-order chi connectivity index (χ0) is 16.5. The van der Waals surface area contributed by atoms with Crippen molar-refractivity contribution in [3.05, 3.63) is 41.9 Å². The third-order valence-corrected chi connectivity index (χ3v) is 5.23. The summed E-state index contributed by atoms with van der Waals surface area (Å²) in [6, 6.07) is 8.25. The van der Waals surface area contributed by atoms with Gasteiger partial charge in [-0.05, 0) is 24.8 Å². The molecule has 0 saturated heterocycles. The number of amides is 1. The summed E-state index contributed by atoms with van der Waals surface area (Å²) in [4.78, 5) is 21.2. The Balaban J connectivity index is 1.66. The van der Waals surface area contributed by atoms with Gasteiger partial charge < -0.3 is 4.57 Å².